The van der Waals surface area contributed by atoms with Crippen molar-refractivity contribution in [2.75, 3.05) is 6.67 Å². The Morgan fingerprint density at radius 3 is 2.38 bits per heavy atom. The van der Waals surface area contributed by atoms with E-state index in [1.54, 1.807) is 20.8 Å². The second-order valence-electron chi connectivity index (χ2n) is 3.44. The van der Waals surface area contributed by atoms with Crippen LogP contribution in [0.4, 0.5) is 4.39 Å². The Morgan fingerprint density at radius 1 is 1.46 bits per heavy atom. The van der Waals surface area contributed by atoms with Gasteiger partial charge < -0.3 is 4.74 Å². The van der Waals surface area contributed by atoms with Crippen LogP contribution in [-0.2, 0) is 9.53 Å². The SMILES string of the molecule is C=C(CF)C(C)CC(=O)OC(C)C. The number of halogens is 1. The molecule has 0 aromatic heterocycles. The molecule has 0 amide bonds. The fraction of sp³-hybridized carbons (Fsp3) is 0.700. The quantitative estimate of drug-likeness (QED) is 0.489. The number of esters is 1. The predicted molar refractivity (Wildman–Crippen MR) is 50.1 cm³/mol. The average molecular weight is 188 g/mol. The van der Waals surface area contributed by atoms with E-state index in [1.165, 1.54) is 0 Å². The molecule has 0 heterocycles. The zero-order valence-corrected chi connectivity index (χ0v) is 8.47. The van der Waals surface area contributed by atoms with Crippen molar-refractivity contribution in [2.24, 2.45) is 5.92 Å². The van der Waals surface area contributed by atoms with E-state index in [9.17, 15) is 9.18 Å². The maximum Gasteiger partial charge on any atom is 0.306 e. The molecule has 0 radical (unpaired) electrons. The molecule has 0 aromatic carbocycles. The Hall–Kier alpha value is -0.860. The van der Waals surface area contributed by atoms with Crippen LogP contribution in [0.25, 0.3) is 0 Å². The summed E-state index contributed by atoms with van der Waals surface area (Å²) in [5, 5.41) is 0. The van der Waals surface area contributed by atoms with E-state index < -0.39 is 6.67 Å². The second-order valence-corrected chi connectivity index (χ2v) is 3.44. The van der Waals surface area contributed by atoms with Gasteiger partial charge in [0.1, 0.15) is 6.67 Å². The molecule has 0 bridgehead atoms. The van der Waals surface area contributed by atoms with Crippen molar-refractivity contribution < 1.29 is 13.9 Å². The third kappa shape index (κ3) is 5.39. The molecule has 76 valence electrons. The van der Waals surface area contributed by atoms with E-state index in [0.29, 0.717) is 5.57 Å². The zero-order valence-electron chi connectivity index (χ0n) is 8.47. The molecular weight excluding hydrogens is 171 g/mol. The number of alkyl halides is 1. The Morgan fingerprint density at radius 2 is 2.00 bits per heavy atom. The standard InChI is InChI=1S/C10H17FO2/c1-7(2)13-10(12)5-8(3)9(4)6-11/h7-8H,4-6H2,1-3H3. The van der Waals surface area contributed by atoms with Crippen molar-refractivity contribution >= 4 is 5.97 Å². The normalized spacial score (nSPS) is 12.7. The number of allylic oxidation sites excluding steroid dienone is 1. The second kappa shape index (κ2) is 5.73. The molecule has 1 unspecified atom stereocenters. The Kier molecular flexibility index (Phi) is 5.35. The molecule has 0 spiro atoms. The smallest absolute Gasteiger partial charge is 0.306 e. The molecule has 0 aliphatic rings. The van der Waals surface area contributed by atoms with Crippen LogP contribution in [0.1, 0.15) is 27.2 Å². The van der Waals surface area contributed by atoms with Gasteiger partial charge in [-0.2, -0.15) is 0 Å². The van der Waals surface area contributed by atoms with E-state index in [1.807, 2.05) is 0 Å². The fourth-order valence-corrected chi connectivity index (χ4v) is 0.837. The molecule has 0 saturated carbocycles. The van der Waals surface area contributed by atoms with E-state index in [4.69, 9.17) is 4.74 Å². The molecule has 0 aromatic rings. The molecule has 0 aliphatic heterocycles. The Labute approximate surface area is 78.8 Å². The monoisotopic (exact) mass is 188 g/mol. The van der Waals surface area contributed by atoms with Crippen LogP contribution in [-0.4, -0.2) is 18.7 Å². The topological polar surface area (TPSA) is 26.3 Å². The zero-order chi connectivity index (χ0) is 10.4. The first-order chi connectivity index (χ1) is 5.97. The summed E-state index contributed by atoms with van der Waals surface area (Å²) in [5.74, 6) is -0.437. The van der Waals surface area contributed by atoms with Gasteiger partial charge in [-0.1, -0.05) is 13.5 Å². The van der Waals surface area contributed by atoms with Crippen molar-refractivity contribution in [3.63, 3.8) is 0 Å². The summed E-state index contributed by atoms with van der Waals surface area (Å²) in [5.41, 5.74) is 0.445. The number of carbonyl (C=O) groups is 1. The van der Waals surface area contributed by atoms with Gasteiger partial charge in [-0.05, 0) is 25.3 Å². The van der Waals surface area contributed by atoms with Gasteiger partial charge in [-0.25, -0.2) is 4.39 Å². The minimum absolute atomic E-state index is 0.113. The van der Waals surface area contributed by atoms with E-state index in [2.05, 4.69) is 6.58 Å². The Balaban J connectivity index is 3.85. The molecular formula is C10H17FO2. The van der Waals surface area contributed by atoms with E-state index in [0.717, 1.165) is 0 Å². The summed E-state index contributed by atoms with van der Waals surface area (Å²) < 4.78 is 17.0. The van der Waals surface area contributed by atoms with Crippen LogP contribution in [0.15, 0.2) is 12.2 Å². The van der Waals surface area contributed by atoms with E-state index in [-0.39, 0.29) is 24.4 Å². The molecule has 0 aliphatic carbocycles. The van der Waals surface area contributed by atoms with Crippen LogP contribution >= 0.6 is 0 Å². The average Bonchev–Trinajstić information content (AvgIpc) is 2.01. The highest BCUT2D eigenvalue weighted by molar-refractivity contribution is 5.70. The minimum Gasteiger partial charge on any atom is -0.463 e. The van der Waals surface area contributed by atoms with Gasteiger partial charge in [0.2, 0.25) is 0 Å². The van der Waals surface area contributed by atoms with Crippen LogP contribution in [0.5, 0.6) is 0 Å². The molecule has 0 saturated heterocycles. The predicted octanol–water partition coefficient (Wildman–Crippen LogP) is 2.49. The molecule has 2 nitrogen and oxygen atoms in total. The molecule has 1 atom stereocenters. The minimum atomic E-state index is -0.573. The van der Waals surface area contributed by atoms with Gasteiger partial charge in [0.15, 0.2) is 0 Å². The first-order valence-electron chi connectivity index (χ1n) is 4.40. The first kappa shape index (κ1) is 12.1. The summed E-state index contributed by atoms with van der Waals surface area (Å²) in [6, 6.07) is 0. The number of carbonyl (C=O) groups excluding carboxylic acids is 1. The van der Waals surface area contributed by atoms with Gasteiger partial charge in [-0.3, -0.25) is 4.79 Å². The molecule has 0 rings (SSSR count). The van der Waals surface area contributed by atoms with Crippen LogP contribution in [0, 0.1) is 5.92 Å². The van der Waals surface area contributed by atoms with Crippen molar-refractivity contribution in [1.82, 2.24) is 0 Å². The highest BCUT2D eigenvalue weighted by Gasteiger charge is 2.13. The van der Waals surface area contributed by atoms with Crippen LogP contribution < -0.4 is 0 Å². The molecule has 0 fully saturated rings. The lowest BCUT2D eigenvalue weighted by Gasteiger charge is -2.12. The summed E-state index contributed by atoms with van der Waals surface area (Å²) in [7, 11) is 0. The summed E-state index contributed by atoms with van der Waals surface area (Å²) in [6.07, 6.45) is 0.0966. The maximum atomic E-state index is 12.1. The molecule has 13 heavy (non-hydrogen) atoms. The third-order valence-corrected chi connectivity index (χ3v) is 1.71. The lowest BCUT2D eigenvalue weighted by molar-refractivity contribution is -0.148. The lowest BCUT2D eigenvalue weighted by Crippen LogP contribution is -2.15. The number of ether oxygens (including phenoxy) is 1. The lowest BCUT2D eigenvalue weighted by atomic mass is 10.0. The highest BCUT2D eigenvalue weighted by Crippen LogP contribution is 2.14. The molecule has 0 N–H and O–H groups in total. The van der Waals surface area contributed by atoms with Crippen molar-refractivity contribution in [3.8, 4) is 0 Å². The molecule has 3 heteroatoms. The Bertz CT molecular complexity index is 187. The first-order valence-corrected chi connectivity index (χ1v) is 4.40. The van der Waals surface area contributed by atoms with Gasteiger partial charge in [0.25, 0.3) is 0 Å². The van der Waals surface area contributed by atoms with Crippen molar-refractivity contribution in [2.45, 2.75) is 33.3 Å². The maximum absolute atomic E-state index is 12.1. The highest BCUT2D eigenvalue weighted by atomic mass is 19.1. The van der Waals surface area contributed by atoms with Crippen molar-refractivity contribution in [1.29, 1.82) is 0 Å². The number of hydrogen-bond donors (Lipinski definition) is 0. The largest absolute Gasteiger partial charge is 0.463 e. The van der Waals surface area contributed by atoms with Crippen LogP contribution in [0.3, 0.4) is 0 Å². The van der Waals surface area contributed by atoms with Gasteiger partial charge >= 0.3 is 5.97 Å². The van der Waals surface area contributed by atoms with Gasteiger partial charge in [0, 0.05) is 0 Å². The summed E-state index contributed by atoms with van der Waals surface area (Å²) in [6.45, 7) is 8.29. The summed E-state index contributed by atoms with van der Waals surface area (Å²) in [4.78, 5) is 11.1. The van der Waals surface area contributed by atoms with E-state index >= 15 is 0 Å². The van der Waals surface area contributed by atoms with Gasteiger partial charge in [-0.15, -0.1) is 0 Å². The third-order valence-electron chi connectivity index (χ3n) is 1.71. The van der Waals surface area contributed by atoms with Crippen LogP contribution in [0.2, 0.25) is 0 Å². The number of rotatable bonds is 5. The van der Waals surface area contributed by atoms with Gasteiger partial charge in [0.05, 0.1) is 12.5 Å². The summed E-state index contributed by atoms with van der Waals surface area (Å²) >= 11 is 0. The van der Waals surface area contributed by atoms with Crippen molar-refractivity contribution in [3.05, 3.63) is 12.2 Å². The fourth-order valence-electron chi connectivity index (χ4n) is 0.837. The number of hydrogen-bond acceptors (Lipinski definition) is 2.